The first-order chi connectivity index (χ1) is 9.57. The molecule has 0 spiro atoms. The second-order valence-corrected chi connectivity index (χ2v) is 7.10. The van der Waals surface area contributed by atoms with Crippen molar-refractivity contribution in [3.63, 3.8) is 0 Å². The zero-order chi connectivity index (χ0) is 14.2. The summed E-state index contributed by atoms with van der Waals surface area (Å²) in [4.78, 5) is 4.75. The van der Waals surface area contributed by atoms with Gasteiger partial charge in [0.2, 0.25) is 5.88 Å². The largest absolute Gasteiger partial charge is 0.474 e. The molecule has 110 valence electrons. The molecule has 0 atom stereocenters. The monoisotopic (exact) mass is 274 g/mol. The molecule has 0 amide bonds. The molecule has 0 aliphatic heterocycles. The van der Waals surface area contributed by atoms with E-state index in [0.717, 1.165) is 37.1 Å². The lowest BCUT2D eigenvalue weighted by Gasteiger charge is -2.34. The molecule has 0 bridgehead atoms. The summed E-state index contributed by atoms with van der Waals surface area (Å²) in [5.74, 6) is 0.804. The van der Waals surface area contributed by atoms with Crippen molar-refractivity contribution < 1.29 is 4.74 Å². The fourth-order valence-electron chi connectivity index (χ4n) is 3.40. The molecule has 0 saturated heterocycles. The number of ether oxygens (including phenoxy) is 1. The minimum absolute atomic E-state index is 0.320. The third kappa shape index (κ3) is 2.83. The van der Waals surface area contributed by atoms with Crippen LogP contribution in [0.5, 0.6) is 5.88 Å². The van der Waals surface area contributed by atoms with Gasteiger partial charge in [-0.2, -0.15) is 0 Å². The lowest BCUT2D eigenvalue weighted by molar-refractivity contribution is 0.0938. The van der Waals surface area contributed by atoms with E-state index in [-0.39, 0.29) is 0 Å². The molecule has 1 aromatic rings. The van der Waals surface area contributed by atoms with Crippen LogP contribution in [-0.2, 0) is 19.4 Å². The number of hydrogen-bond acceptors (Lipinski definition) is 3. The fraction of sp³-hybridized carbons (Fsp3) is 0.706. The molecule has 1 heterocycles. The summed E-state index contributed by atoms with van der Waals surface area (Å²) in [6.45, 7) is 5.22. The van der Waals surface area contributed by atoms with Gasteiger partial charge in [0.1, 0.15) is 6.10 Å². The van der Waals surface area contributed by atoms with Crippen molar-refractivity contribution >= 4 is 0 Å². The highest BCUT2D eigenvalue weighted by molar-refractivity contribution is 5.36. The maximum Gasteiger partial charge on any atom is 0.218 e. The molecule has 3 nitrogen and oxygen atoms in total. The van der Waals surface area contributed by atoms with Gasteiger partial charge in [-0.15, -0.1) is 0 Å². The molecule has 3 rings (SSSR count). The minimum Gasteiger partial charge on any atom is -0.474 e. The predicted octanol–water partition coefficient (Wildman–Crippen LogP) is 3.38. The Morgan fingerprint density at radius 3 is 2.75 bits per heavy atom. The summed E-state index contributed by atoms with van der Waals surface area (Å²) in [5.41, 5.74) is 10.0. The van der Waals surface area contributed by atoms with Crippen LogP contribution in [0.25, 0.3) is 0 Å². The average molecular weight is 274 g/mol. The molecule has 1 fully saturated rings. The highest BCUT2D eigenvalue weighted by Gasteiger charge is 2.28. The highest BCUT2D eigenvalue weighted by Crippen LogP contribution is 2.37. The van der Waals surface area contributed by atoms with E-state index < -0.39 is 0 Å². The number of aromatic nitrogens is 1. The summed E-state index contributed by atoms with van der Waals surface area (Å²) in [6, 6.07) is 2.22. The summed E-state index contributed by atoms with van der Waals surface area (Å²) in [5, 5.41) is 0. The van der Waals surface area contributed by atoms with Crippen LogP contribution >= 0.6 is 0 Å². The van der Waals surface area contributed by atoms with Crippen molar-refractivity contribution in [2.75, 3.05) is 0 Å². The Morgan fingerprint density at radius 2 is 2.05 bits per heavy atom. The Morgan fingerprint density at radius 1 is 1.30 bits per heavy atom. The van der Waals surface area contributed by atoms with Crippen LogP contribution in [0.2, 0.25) is 0 Å². The number of nitrogens with zero attached hydrogens (tertiary/aromatic N) is 1. The van der Waals surface area contributed by atoms with Crippen molar-refractivity contribution in [3.05, 3.63) is 22.9 Å². The van der Waals surface area contributed by atoms with Gasteiger partial charge in [0.15, 0.2) is 0 Å². The standard InChI is InChI=1S/C17H26N2O/c1-17(2)8-6-14(7-9-17)20-16-13(11-18)10-12-4-3-5-15(12)19-16/h10,14H,3-9,11,18H2,1-2H3. The van der Waals surface area contributed by atoms with Crippen LogP contribution in [0.3, 0.4) is 0 Å². The van der Waals surface area contributed by atoms with Crippen LogP contribution < -0.4 is 10.5 Å². The molecule has 1 saturated carbocycles. The molecule has 2 N–H and O–H groups in total. The first-order valence-corrected chi connectivity index (χ1v) is 7.96. The van der Waals surface area contributed by atoms with Crippen LogP contribution in [0, 0.1) is 5.41 Å². The molecule has 20 heavy (non-hydrogen) atoms. The first kappa shape index (κ1) is 13.9. The Bertz CT molecular complexity index is 486. The maximum atomic E-state index is 6.20. The van der Waals surface area contributed by atoms with E-state index in [1.807, 2.05) is 0 Å². The summed E-state index contributed by atoms with van der Waals surface area (Å²) >= 11 is 0. The number of rotatable bonds is 3. The zero-order valence-corrected chi connectivity index (χ0v) is 12.7. The molecule has 0 aromatic carbocycles. The third-order valence-corrected chi connectivity index (χ3v) is 4.87. The van der Waals surface area contributed by atoms with E-state index in [2.05, 4.69) is 19.9 Å². The van der Waals surface area contributed by atoms with Gasteiger partial charge in [0.05, 0.1) is 0 Å². The molecule has 0 radical (unpaired) electrons. The molecule has 3 heteroatoms. The second-order valence-electron chi connectivity index (χ2n) is 7.10. The Labute approximate surface area is 121 Å². The molecular formula is C17H26N2O. The summed E-state index contributed by atoms with van der Waals surface area (Å²) in [6.07, 6.45) is 8.52. The number of fused-ring (bicyclic) bond motifs is 1. The minimum atomic E-state index is 0.320. The van der Waals surface area contributed by atoms with Crippen LogP contribution in [-0.4, -0.2) is 11.1 Å². The molecule has 1 aromatic heterocycles. The number of hydrogen-bond donors (Lipinski definition) is 1. The Kier molecular flexibility index (Phi) is 3.72. The van der Waals surface area contributed by atoms with Crippen molar-refractivity contribution in [1.29, 1.82) is 0 Å². The average Bonchev–Trinajstić information content (AvgIpc) is 2.87. The van der Waals surface area contributed by atoms with E-state index in [4.69, 9.17) is 15.5 Å². The third-order valence-electron chi connectivity index (χ3n) is 4.87. The summed E-state index contributed by atoms with van der Waals surface area (Å²) < 4.78 is 6.20. The van der Waals surface area contributed by atoms with E-state index in [0.29, 0.717) is 18.1 Å². The number of aryl methyl sites for hydroxylation is 2. The lowest BCUT2D eigenvalue weighted by atomic mass is 9.76. The van der Waals surface area contributed by atoms with Crippen molar-refractivity contribution in [3.8, 4) is 5.88 Å². The van der Waals surface area contributed by atoms with Crippen LogP contribution in [0.4, 0.5) is 0 Å². The van der Waals surface area contributed by atoms with Gasteiger partial charge < -0.3 is 10.5 Å². The smallest absolute Gasteiger partial charge is 0.218 e. The van der Waals surface area contributed by atoms with E-state index in [9.17, 15) is 0 Å². The van der Waals surface area contributed by atoms with E-state index in [1.165, 1.54) is 30.5 Å². The number of nitrogens with two attached hydrogens (primary N) is 1. The Hall–Kier alpha value is -1.09. The maximum absolute atomic E-state index is 6.20. The van der Waals surface area contributed by atoms with Gasteiger partial charge in [0.25, 0.3) is 0 Å². The fourth-order valence-corrected chi connectivity index (χ4v) is 3.40. The van der Waals surface area contributed by atoms with Gasteiger partial charge >= 0.3 is 0 Å². The Balaban J connectivity index is 1.74. The zero-order valence-electron chi connectivity index (χ0n) is 12.7. The van der Waals surface area contributed by atoms with Crippen molar-refractivity contribution in [2.45, 2.75) is 71.4 Å². The van der Waals surface area contributed by atoms with Gasteiger partial charge in [-0.25, -0.2) is 4.98 Å². The SMILES string of the molecule is CC1(C)CCC(Oc2nc3c(cc2CN)CCC3)CC1. The van der Waals surface area contributed by atoms with Crippen molar-refractivity contribution in [2.24, 2.45) is 11.1 Å². The first-order valence-electron chi connectivity index (χ1n) is 7.96. The van der Waals surface area contributed by atoms with Gasteiger partial charge in [-0.3, -0.25) is 0 Å². The van der Waals surface area contributed by atoms with Gasteiger partial charge in [-0.1, -0.05) is 13.8 Å². The molecule has 2 aliphatic rings. The normalized spacial score (nSPS) is 21.8. The van der Waals surface area contributed by atoms with Gasteiger partial charge in [-0.05, 0) is 62.0 Å². The second kappa shape index (κ2) is 5.36. The highest BCUT2D eigenvalue weighted by atomic mass is 16.5. The van der Waals surface area contributed by atoms with E-state index >= 15 is 0 Å². The van der Waals surface area contributed by atoms with E-state index in [1.54, 1.807) is 0 Å². The predicted molar refractivity (Wildman–Crippen MR) is 80.8 cm³/mol. The molecule has 2 aliphatic carbocycles. The topological polar surface area (TPSA) is 48.1 Å². The molecule has 0 unspecified atom stereocenters. The van der Waals surface area contributed by atoms with Crippen molar-refractivity contribution in [1.82, 2.24) is 4.98 Å². The molecular weight excluding hydrogens is 248 g/mol. The van der Waals surface area contributed by atoms with Crippen LogP contribution in [0.1, 0.15) is 62.8 Å². The lowest BCUT2D eigenvalue weighted by Crippen LogP contribution is -2.29. The van der Waals surface area contributed by atoms with Gasteiger partial charge in [0, 0.05) is 17.8 Å². The summed E-state index contributed by atoms with van der Waals surface area (Å²) in [7, 11) is 0. The number of pyridine rings is 1. The quantitative estimate of drug-likeness (QED) is 0.919. The van der Waals surface area contributed by atoms with Crippen LogP contribution in [0.15, 0.2) is 6.07 Å².